The molecule has 0 radical (unpaired) electrons. The molecule has 0 saturated heterocycles. The summed E-state index contributed by atoms with van der Waals surface area (Å²) in [7, 11) is 0. The molecule has 98 valence electrons. The van der Waals surface area contributed by atoms with Crippen molar-refractivity contribution in [3.63, 3.8) is 0 Å². The van der Waals surface area contributed by atoms with Crippen LogP contribution in [-0.2, 0) is 4.79 Å². The number of phenolic OH excluding ortho intramolecular Hbond substituents is 1. The molecule has 2 amide bonds. The van der Waals surface area contributed by atoms with Gasteiger partial charge in [0.2, 0.25) is 5.91 Å². The summed E-state index contributed by atoms with van der Waals surface area (Å²) in [5.41, 5.74) is 0.320. The van der Waals surface area contributed by atoms with Crippen LogP contribution < -0.4 is 10.6 Å². The van der Waals surface area contributed by atoms with Crippen LogP contribution in [0.4, 0.5) is 10.5 Å². The van der Waals surface area contributed by atoms with Crippen molar-refractivity contribution in [1.82, 2.24) is 5.32 Å². The van der Waals surface area contributed by atoms with Crippen LogP contribution in [0.1, 0.15) is 12.8 Å². The first-order chi connectivity index (χ1) is 8.49. The number of hydrogen-bond donors (Lipinski definition) is 4. The molecule has 0 fully saturated rings. The Balaban J connectivity index is 2.40. The maximum Gasteiger partial charge on any atom is 0.404 e. The van der Waals surface area contributed by atoms with E-state index in [-0.39, 0.29) is 24.6 Å². The van der Waals surface area contributed by atoms with E-state index in [4.69, 9.17) is 5.11 Å². The Morgan fingerprint density at radius 3 is 2.72 bits per heavy atom. The molecule has 0 unspecified atom stereocenters. The highest BCUT2D eigenvalue weighted by Crippen LogP contribution is 2.26. The number of nitrogens with one attached hydrogen (secondary N) is 2. The van der Waals surface area contributed by atoms with E-state index < -0.39 is 6.09 Å². The quantitative estimate of drug-likeness (QED) is 0.494. The summed E-state index contributed by atoms with van der Waals surface area (Å²) >= 11 is 3.23. The van der Waals surface area contributed by atoms with Gasteiger partial charge in [0, 0.05) is 17.4 Å². The molecule has 1 rings (SSSR count). The Labute approximate surface area is 112 Å². The maximum absolute atomic E-state index is 11.5. The Morgan fingerprint density at radius 2 is 2.06 bits per heavy atom. The number of carbonyl (C=O) groups is 2. The van der Waals surface area contributed by atoms with Gasteiger partial charge in [0.1, 0.15) is 5.75 Å². The number of anilines is 1. The van der Waals surface area contributed by atoms with Crippen LogP contribution in [0.2, 0.25) is 0 Å². The zero-order chi connectivity index (χ0) is 13.5. The van der Waals surface area contributed by atoms with Crippen molar-refractivity contribution < 1.29 is 19.8 Å². The van der Waals surface area contributed by atoms with E-state index in [0.29, 0.717) is 12.1 Å². The third kappa shape index (κ3) is 5.05. The highest BCUT2D eigenvalue weighted by atomic mass is 79.9. The zero-order valence-electron chi connectivity index (χ0n) is 9.44. The first-order valence-electron chi connectivity index (χ1n) is 5.24. The molecule has 0 spiro atoms. The first-order valence-corrected chi connectivity index (χ1v) is 6.03. The summed E-state index contributed by atoms with van der Waals surface area (Å²) in [6.45, 7) is 0.215. The van der Waals surface area contributed by atoms with E-state index in [2.05, 4.69) is 26.6 Å². The molecule has 0 aliphatic heterocycles. The van der Waals surface area contributed by atoms with Gasteiger partial charge in [-0.2, -0.15) is 0 Å². The fourth-order valence-electron chi connectivity index (χ4n) is 1.27. The van der Waals surface area contributed by atoms with E-state index in [0.717, 1.165) is 4.47 Å². The van der Waals surface area contributed by atoms with Gasteiger partial charge in [0.15, 0.2) is 0 Å². The van der Waals surface area contributed by atoms with Gasteiger partial charge >= 0.3 is 6.09 Å². The second-order valence-electron chi connectivity index (χ2n) is 3.55. The highest BCUT2D eigenvalue weighted by Gasteiger charge is 2.07. The van der Waals surface area contributed by atoms with Crippen LogP contribution in [-0.4, -0.2) is 28.8 Å². The number of phenols is 1. The second kappa shape index (κ2) is 6.85. The molecule has 6 nitrogen and oxygen atoms in total. The van der Waals surface area contributed by atoms with Crippen molar-refractivity contribution in [2.24, 2.45) is 0 Å². The lowest BCUT2D eigenvalue weighted by Gasteiger charge is -2.07. The molecule has 0 aromatic heterocycles. The molecule has 1 aromatic rings. The van der Waals surface area contributed by atoms with Gasteiger partial charge in [-0.3, -0.25) is 4.79 Å². The third-order valence-electron chi connectivity index (χ3n) is 2.09. The van der Waals surface area contributed by atoms with Crippen molar-refractivity contribution in [2.45, 2.75) is 12.8 Å². The van der Waals surface area contributed by atoms with Gasteiger partial charge in [0.05, 0.1) is 5.69 Å². The Morgan fingerprint density at radius 1 is 1.33 bits per heavy atom. The van der Waals surface area contributed by atoms with Gasteiger partial charge in [-0.1, -0.05) is 15.9 Å². The van der Waals surface area contributed by atoms with Crippen LogP contribution in [0, 0.1) is 0 Å². The van der Waals surface area contributed by atoms with Gasteiger partial charge < -0.3 is 20.8 Å². The van der Waals surface area contributed by atoms with Crippen LogP contribution in [0.5, 0.6) is 5.75 Å². The number of carbonyl (C=O) groups excluding carboxylic acids is 1. The summed E-state index contributed by atoms with van der Waals surface area (Å²) in [6.07, 6.45) is -0.542. The summed E-state index contributed by atoms with van der Waals surface area (Å²) in [5.74, 6) is -0.300. The van der Waals surface area contributed by atoms with Crippen LogP contribution in [0.25, 0.3) is 0 Å². The lowest BCUT2D eigenvalue weighted by Crippen LogP contribution is -2.23. The molecular formula is C11H13BrN2O4. The minimum absolute atomic E-state index is 0.0183. The molecule has 0 bridgehead atoms. The largest absolute Gasteiger partial charge is 0.506 e. The number of carboxylic acid groups (broad SMARTS) is 1. The summed E-state index contributed by atoms with van der Waals surface area (Å²) < 4.78 is 0.739. The average molecular weight is 317 g/mol. The molecule has 0 aliphatic rings. The summed E-state index contributed by atoms with van der Waals surface area (Å²) in [5, 5.41) is 22.5. The van der Waals surface area contributed by atoms with E-state index >= 15 is 0 Å². The average Bonchev–Trinajstić information content (AvgIpc) is 2.29. The number of rotatable bonds is 5. The van der Waals surface area contributed by atoms with E-state index in [1.807, 2.05) is 0 Å². The minimum atomic E-state index is -1.11. The number of halogens is 1. The lowest BCUT2D eigenvalue weighted by molar-refractivity contribution is -0.116. The third-order valence-corrected chi connectivity index (χ3v) is 2.58. The Hall–Kier alpha value is -1.76. The van der Waals surface area contributed by atoms with Gasteiger partial charge in [-0.15, -0.1) is 0 Å². The lowest BCUT2D eigenvalue weighted by atomic mass is 10.2. The molecule has 0 aliphatic carbocycles. The van der Waals surface area contributed by atoms with Crippen LogP contribution >= 0.6 is 15.9 Å². The molecule has 0 saturated carbocycles. The minimum Gasteiger partial charge on any atom is -0.506 e. The molecular weight excluding hydrogens is 304 g/mol. The smallest absolute Gasteiger partial charge is 0.404 e. The molecule has 4 N–H and O–H groups in total. The fourth-order valence-corrected chi connectivity index (χ4v) is 1.63. The zero-order valence-corrected chi connectivity index (χ0v) is 11.0. The van der Waals surface area contributed by atoms with Crippen molar-refractivity contribution in [3.8, 4) is 5.75 Å². The van der Waals surface area contributed by atoms with E-state index in [9.17, 15) is 14.7 Å². The molecule has 1 aromatic carbocycles. The molecule has 0 atom stereocenters. The number of benzene rings is 1. The Kier molecular flexibility index (Phi) is 5.44. The topological polar surface area (TPSA) is 98.7 Å². The standard InChI is InChI=1S/C11H13BrN2O4/c12-7-3-4-9(15)8(6-7)14-10(16)2-1-5-13-11(17)18/h3-4,6,13,15H,1-2,5H2,(H,14,16)(H,17,18). The number of aromatic hydroxyl groups is 1. The number of hydrogen-bond acceptors (Lipinski definition) is 3. The van der Waals surface area contributed by atoms with Crippen molar-refractivity contribution in [3.05, 3.63) is 22.7 Å². The Bertz CT molecular complexity index is 451. The summed E-state index contributed by atoms with van der Waals surface area (Å²) in [4.78, 5) is 21.7. The first kappa shape index (κ1) is 14.3. The van der Waals surface area contributed by atoms with Gasteiger partial charge in [-0.25, -0.2) is 4.79 Å². The highest BCUT2D eigenvalue weighted by molar-refractivity contribution is 9.10. The second-order valence-corrected chi connectivity index (χ2v) is 4.46. The van der Waals surface area contributed by atoms with E-state index in [1.165, 1.54) is 6.07 Å². The predicted octanol–water partition coefficient (Wildman–Crippen LogP) is 2.14. The van der Waals surface area contributed by atoms with Crippen LogP contribution in [0.15, 0.2) is 22.7 Å². The summed E-state index contributed by atoms with van der Waals surface area (Å²) in [6, 6.07) is 4.70. The SMILES string of the molecule is O=C(O)NCCCC(=O)Nc1cc(Br)ccc1O. The molecule has 0 heterocycles. The van der Waals surface area contributed by atoms with Gasteiger partial charge in [0.25, 0.3) is 0 Å². The van der Waals surface area contributed by atoms with Crippen molar-refractivity contribution in [1.29, 1.82) is 0 Å². The predicted molar refractivity (Wildman–Crippen MR) is 69.7 cm³/mol. The maximum atomic E-state index is 11.5. The van der Waals surface area contributed by atoms with Crippen molar-refractivity contribution >= 4 is 33.6 Å². The molecule has 18 heavy (non-hydrogen) atoms. The fraction of sp³-hybridized carbons (Fsp3) is 0.273. The normalized spacial score (nSPS) is 9.83. The molecule has 7 heteroatoms. The monoisotopic (exact) mass is 316 g/mol. The van der Waals surface area contributed by atoms with Crippen LogP contribution in [0.3, 0.4) is 0 Å². The number of amides is 2. The van der Waals surface area contributed by atoms with E-state index in [1.54, 1.807) is 12.1 Å². The van der Waals surface area contributed by atoms with Crippen molar-refractivity contribution in [2.75, 3.05) is 11.9 Å². The van der Waals surface area contributed by atoms with Gasteiger partial charge in [-0.05, 0) is 24.6 Å².